The minimum absolute atomic E-state index is 0.173. The highest BCUT2D eigenvalue weighted by Gasteiger charge is 2.12. The van der Waals surface area contributed by atoms with Gasteiger partial charge < -0.3 is 0 Å². The molecule has 0 aliphatic rings. The summed E-state index contributed by atoms with van der Waals surface area (Å²) in [5.74, 6) is -0.647. The number of carbonyl (C=O) groups is 1. The van der Waals surface area contributed by atoms with Crippen LogP contribution in [0.15, 0.2) is 64.8 Å². The van der Waals surface area contributed by atoms with Gasteiger partial charge in [0.2, 0.25) is 5.91 Å². The Balaban J connectivity index is 1.83. The summed E-state index contributed by atoms with van der Waals surface area (Å²) in [6.07, 6.45) is 0.173. The number of halogens is 1. The quantitative estimate of drug-likeness (QED) is 0.800. The van der Waals surface area contributed by atoms with Crippen LogP contribution in [0.1, 0.15) is 5.56 Å². The van der Waals surface area contributed by atoms with Crippen LogP contribution in [-0.2, 0) is 11.2 Å². The smallest absolute Gasteiger partial charge is 0.273 e. The lowest BCUT2D eigenvalue weighted by atomic mass is 10.1. The molecule has 0 saturated heterocycles. The van der Waals surface area contributed by atoms with Crippen molar-refractivity contribution in [3.8, 4) is 11.3 Å². The number of rotatable bonds is 4. The van der Waals surface area contributed by atoms with Gasteiger partial charge in [0.05, 0.1) is 12.1 Å². The van der Waals surface area contributed by atoms with E-state index in [0.717, 1.165) is 16.9 Å². The van der Waals surface area contributed by atoms with Crippen LogP contribution in [0, 0.1) is 5.82 Å². The average Bonchev–Trinajstić information content (AvgIpc) is 2.90. The number of amides is 1. The van der Waals surface area contributed by atoms with E-state index < -0.39 is 0 Å². The molecule has 1 amide bonds. The Kier molecular flexibility index (Phi) is 4.34. The van der Waals surface area contributed by atoms with E-state index >= 15 is 0 Å². The Bertz CT molecular complexity index is 870. The Morgan fingerprint density at radius 3 is 2.48 bits per heavy atom. The van der Waals surface area contributed by atoms with Gasteiger partial charge in [0.25, 0.3) is 0 Å². The van der Waals surface area contributed by atoms with Gasteiger partial charge in [-0.25, -0.2) is 9.07 Å². The van der Waals surface area contributed by atoms with Crippen molar-refractivity contribution in [1.82, 2.24) is 4.68 Å². The van der Waals surface area contributed by atoms with E-state index in [2.05, 4.69) is 5.43 Å². The van der Waals surface area contributed by atoms with Crippen molar-refractivity contribution in [2.75, 3.05) is 5.43 Å². The third-order valence-corrected chi connectivity index (χ3v) is 4.00. The van der Waals surface area contributed by atoms with Crippen molar-refractivity contribution in [2.24, 2.45) is 0 Å². The van der Waals surface area contributed by atoms with Crippen LogP contribution in [0.5, 0.6) is 0 Å². The molecule has 23 heavy (non-hydrogen) atoms. The summed E-state index contributed by atoms with van der Waals surface area (Å²) in [7, 11) is 0. The van der Waals surface area contributed by atoms with Crippen molar-refractivity contribution < 1.29 is 9.18 Å². The van der Waals surface area contributed by atoms with E-state index in [4.69, 9.17) is 0 Å². The highest BCUT2D eigenvalue weighted by Crippen LogP contribution is 2.19. The molecule has 116 valence electrons. The van der Waals surface area contributed by atoms with Crippen molar-refractivity contribution in [1.29, 1.82) is 0 Å². The highest BCUT2D eigenvalue weighted by atomic mass is 32.1. The zero-order valence-corrected chi connectivity index (χ0v) is 12.8. The number of carbonyl (C=O) groups excluding carboxylic acids is 1. The second-order valence-electron chi connectivity index (χ2n) is 4.93. The summed E-state index contributed by atoms with van der Waals surface area (Å²) < 4.78 is 14.2. The van der Waals surface area contributed by atoms with Crippen molar-refractivity contribution in [3.05, 3.63) is 81.0 Å². The summed E-state index contributed by atoms with van der Waals surface area (Å²) in [5.41, 5.74) is 4.65. The Hall–Kier alpha value is -2.73. The fourth-order valence-corrected chi connectivity index (χ4v) is 2.88. The first-order chi connectivity index (χ1) is 11.1. The lowest BCUT2D eigenvalue weighted by Gasteiger charge is -2.09. The second-order valence-corrected chi connectivity index (χ2v) is 5.75. The lowest BCUT2D eigenvalue weighted by molar-refractivity contribution is -0.116. The standard InChI is InChI=1S/C17H13FN2O2S/c18-14-8-6-13(7-9-14)15-11-23-17(22)20(15)19-16(21)10-12-4-2-1-3-5-12/h1-9,11H,10H2,(H,19,21). The molecule has 0 aliphatic carbocycles. The van der Waals surface area contributed by atoms with E-state index in [-0.39, 0.29) is 23.0 Å². The molecule has 1 heterocycles. The topological polar surface area (TPSA) is 51.1 Å². The third-order valence-electron chi connectivity index (χ3n) is 3.28. The summed E-state index contributed by atoms with van der Waals surface area (Å²) >= 11 is 0.977. The van der Waals surface area contributed by atoms with E-state index in [1.54, 1.807) is 17.5 Å². The second kappa shape index (κ2) is 6.58. The predicted octanol–water partition coefficient (Wildman–Crippen LogP) is 3.03. The van der Waals surface area contributed by atoms with Crippen LogP contribution in [-0.4, -0.2) is 10.6 Å². The molecule has 0 radical (unpaired) electrons. The molecular weight excluding hydrogens is 315 g/mol. The monoisotopic (exact) mass is 328 g/mol. The first-order valence-corrected chi connectivity index (χ1v) is 7.82. The molecule has 0 unspecified atom stereocenters. The molecule has 2 aromatic carbocycles. The maximum atomic E-state index is 13.0. The van der Waals surface area contributed by atoms with Crippen LogP contribution < -0.4 is 10.3 Å². The van der Waals surface area contributed by atoms with Gasteiger partial charge in [-0.3, -0.25) is 15.0 Å². The number of hydrogen-bond donors (Lipinski definition) is 1. The van der Waals surface area contributed by atoms with Gasteiger partial charge in [-0.2, -0.15) is 0 Å². The zero-order chi connectivity index (χ0) is 16.2. The normalized spacial score (nSPS) is 10.5. The molecule has 0 bridgehead atoms. The number of aromatic nitrogens is 1. The van der Waals surface area contributed by atoms with E-state index in [1.165, 1.54) is 16.8 Å². The van der Waals surface area contributed by atoms with Gasteiger partial charge >= 0.3 is 4.87 Å². The molecule has 6 heteroatoms. The Labute approximate surface area is 135 Å². The van der Waals surface area contributed by atoms with Gasteiger partial charge in [-0.1, -0.05) is 41.7 Å². The third kappa shape index (κ3) is 3.54. The Morgan fingerprint density at radius 2 is 1.78 bits per heavy atom. The molecule has 3 aromatic rings. The maximum absolute atomic E-state index is 13.0. The molecule has 0 atom stereocenters. The number of thiazole rings is 1. The minimum atomic E-state index is -0.356. The molecular formula is C17H13FN2O2S. The Morgan fingerprint density at radius 1 is 1.09 bits per heavy atom. The number of nitrogens with one attached hydrogen (secondary N) is 1. The van der Waals surface area contributed by atoms with Crippen LogP contribution >= 0.6 is 11.3 Å². The molecule has 0 saturated carbocycles. The van der Waals surface area contributed by atoms with Crippen molar-refractivity contribution >= 4 is 17.2 Å². The fraction of sp³-hybridized carbons (Fsp3) is 0.0588. The van der Waals surface area contributed by atoms with Crippen molar-refractivity contribution in [2.45, 2.75) is 6.42 Å². The first kappa shape index (κ1) is 15.2. The molecule has 1 N–H and O–H groups in total. The van der Waals surface area contributed by atoms with Crippen LogP contribution in [0.25, 0.3) is 11.3 Å². The van der Waals surface area contributed by atoms with Gasteiger partial charge in [0, 0.05) is 10.9 Å². The number of nitrogens with zero attached hydrogens (tertiary/aromatic N) is 1. The zero-order valence-electron chi connectivity index (χ0n) is 12.0. The largest absolute Gasteiger partial charge is 0.326 e. The highest BCUT2D eigenvalue weighted by molar-refractivity contribution is 7.07. The molecule has 0 fully saturated rings. The molecule has 3 rings (SSSR count). The number of hydrogen-bond acceptors (Lipinski definition) is 3. The number of benzene rings is 2. The molecule has 4 nitrogen and oxygen atoms in total. The van der Waals surface area contributed by atoms with Crippen LogP contribution in [0.2, 0.25) is 0 Å². The summed E-state index contributed by atoms with van der Waals surface area (Å²) in [6, 6.07) is 15.0. The summed E-state index contributed by atoms with van der Waals surface area (Å²) in [6.45, 7) is 0. The van der Waals surface area contributed by atoms with E-state index in [0.29, 0.717) is 11.3 Å². The molecule has 1 aromatic heterocycles. The van der Waals surface area contributed by atoms with Gasteiger partial charge in [0.15, 0.2) is 0 Å². The maximum Gasteiger partial charge on any atom is 0.326 e. The van der Waals surface area contributed by atoms with Crippen LogP contribution in [0.4, 0.5) is 4.39 Å². The molecule has 0 spiro atoms. The summed E-state index contributed by atoms with van der Waals surface area (Å²) in [4.78, 5) is 23.8. The van der Waals surface area contributed by atoms with Crippen molar-refractivity contribution in [3.63, 3.8) is 0 Å². The van der Waals surface area contributed by atoms with E-state index in [1.807, 2.05) is 30.3 Å². The molecule has 0 aliphatic heterocycles. The predicted molar refractivity (Wildman–Crippen MR) is 88.5 cm³/mol. The van der Waals surface area contributed by atoms with Gasteiger partial charge in [-0.05, 0) is 29.8 Å². The van der Waals surface area contributed by atoms with Gasteiger partial charge in [0.1, 0.15) is 5.82 Å². The van der Waals surface area contributed by atoms with Crippen LogP contribution in [0.3, 0.4) is 0 Å². The average molecular weight is 328 g/mol. The first-order valence-electron chi connectivity index (χ1n) is 6.94. The van der Waals surface area contributed by atoms with E-state index in [9.17, 15) is 14.0 Å². The lowest BCUT2D eigenvalue weighted by Crippen LogP contribution is -2.31. The van der Waals surface area contributed by atoms with Gasteiger partial charge in [-0.15, -0.1) is 0 Å². The summed E-state index contributed by atoms with van der Waals surface area (Å²) in [5, 5.41) is 1.64. The SMILES string of the molecule is O=C(Cc1ccccc1)Nn1c(-c2ccc(F)cc2)csc1=O. The minimum Gasteiger partial charge on any atom is -0.273 e. The fourth-order valence-electron chi connectivity index (χ4n) is 2.18.